The summed E-state index contributed by atoms with van der Waals surface area (Å²) in [6, 6.07) is 0.856. The van der Waals surface area contributed by atoms with Crippen LogP contribution in [0.15, 0.2) is 48.6 Å². The smallest absolute Gasteiger partial charge is 0.160 e. The average Bonchev–Trinajstić information content (AvgIpc) is 1.50. The quantitative estimate of drug-likeness (QED) is 0.131. The minimum Gasteiger partial charge on any atom is -0.396 e. The highest BCUT2D eigenvalue weighted by atomic mass is 16.7. The van der Waals surface area contributed by atoms with Crippen molar-refractivity contribution in [1.29, 1.82) is 0 Å². The van der Waals surface area contributed by atoms with Gasteiger partial charge in [-0.1, -0.05) is 155 Å². The maximum atomic E-state index is 9.50. The molecule has 5 unspecified atom stereocenters. The summed E-state index contributed by atoms with van der Waals surface area (Å²) >= 11 is 0. The number of piperazine rings is 1. The number of likely N-dealkylation sites (N-methyl/N-ethyl adjacent to an activating group) is 1. The summed E-state index contributed by atoms with van der Waals surface area (Å²) < 4.78 is 58.5. The topological polar surface area (TPSA) is 123 Å². The number of nitrogens with zero attached hydrogens (tertiary/aromatic N) is 6. The van der Waals surface area contributed by atoms with Gasteiger partial charge in [-0.05, 0) is 353 Å². The largest absolute Gasteiger partial charge is 0.396 e. The van der Waals surface area contributed by atoms with E-state index in [0.29, 0.717) is 130 Å². The van der Waals surface area contributed by atoms with Crippen LogP contribution in [0, 0.1) is 120 Å². The molecule has 9 heterocycles. The highest BCUT2D eigenvalue weighted by Crippen LogP contribution is 2.69. The van der Waals surface area contributed by atoms with Crippen LogP contribution in [0.3, 0.4) is 0 Å². The Hall–Kier alpha value is -1.68. The average molecular weight is 1760 g/mol. The van der Waals surface area contributed by atoms with Gasteiger partial charge in [0.2, 0.25) is 0 Å². The lowest BCUT2D eigenvalue weighted by Crippen LogP contribution is -2.62. The van der Waals surface area contributed by atoms with Crippen molar-refractivity contribution in [2.45, 2.75) is 374 Å². The van der Waals surface area contributed by atoms with E-state index in [1.165, 1.54) is 346 Å². The van der Waals surface area contributed by atoms with E-state index >= 15 is 0 Å². The first-order valence-electron chi connectivity index (χ1n) is 54.6. The number of hydrogen-bond donors (Lipinski definition) is 1. The van der Waals surface area contributed by atoms with Gasteiger partial charge >= 0.3 is 0 Å². The third kappa shape index (κ3) is 19.6. The molecule has 21 aliphatic rings. The molecule has 0 amide bonds. The maximum absolute atomic E-state index is 9.50. The van der Waals surface area contributed by atoms with Crippen molar-refractivity contribution in [3.8, 4) is 0 Å². The summed E-state index contributed by atoms with van der Waals surface area (Å²) in [5, 5.41) is 9.50. The standard InChI is InChI=1S/C31H52N2O2.C27H46N2O2.C27H45NO3.C26H43NO3/c1-23-10-11-27-30(2,16-12-28-31(27,3)22-34-29(35-28)24-8-4-5-9-24)26(23)15-21-32-19-13-25(14-20-32)33-17-6-7-18-33;1-20-9-10-23-26(2,22(20)12-14-29-17-15-28(4)16-18-29)13-11-24-27(23,3)19-30-25(31-24)21-7-5-6-8-21;1-19-8-9-23-26(2,22(19)12-15-28-14-11-20(16-28)17-29)13-10-24-27(23,3)18-30-25(31-24)21-6-4-5-7-21;1-19-8-9-22-25(2,21(19)11-13-27-14-16-28-17-15-27)12-10-23-26(22,3)18-29-24(30-23)20-6-4-5-7-20/h24-29H,1,4-22H2,2-3H3;21-25H,1,5-19H2,2-4H3;20-25,29H,1,4-18H2,2-3H3;20-24H,1,4-18H2,2-3H3/t26-,27?,28-,29-,30+,31+;22-,23?,24-,25-,26+,27+;20?,22-,23?,24-,25-,26+,27+;21-,22?,23-,24-,25+,26+/m1111/s1. The first kappa shape index (κ1) is 95.6. The van der Waals surface area contributed by atoms with Crippen LogP contribution in [0.1, 0.15) is 319 Å². The first-order chi connectivity index (χ1) is 61.3. The van der Waals surface area contributed by atoms with Crippen molar-refractivity contribution < 1.29 is 47.7 Å². The van der Waals surface area contributed by atoms with Crippen LogP contribution >= 0.6 is 0 Å². The molecule has 16 nitrogen and oxygen atoms in total. The van der Waals surface area contributed by atoms with Crippen LogP contribution in [-0.2, 0) is 42.6 Å². The van der Waals surface area contributed by atoms with Crippen LogP contribution in [0.5, 0.6) is 0 Å². The summed E-state index contributed by atoms with van der Waals surface area (Å²) in [5.41, 5.74) is 8.01. The fourth-order valence-electron chi connectivity index (χ4n) is 34.5. The van der Waals surface area contributed by atoms with Crippen molar-refractivity contribution in [1.82, 2.24) is 29.4 Å². The molecule has 0 aromatic carbocycles. The fourth-order valence-corrected chi connectivity index (χ4v) is 34.5. The predicted octanol–water partition coefficient (Wildman–Crippen LogP) is 21.2. The summed E-state index contributed by atoms with van der Waals surface area (Å²) in [6.07, 6.45) is 54.4. The lowest BCUT2D eigenvalue weighted by Gasteiger charge is -2.63. The number of piperidine rings is 1. The summed E-state index contributed by atoms with van der Waals surface area (Å²) in [7, 11) is 2.25. The summed E-state index contributed by atoms with van der Waals surface area (Å²) in [5.74, 6) is 8.26. The predicted molar refractivity (Wildman–Crippen MR) is 511 cm³/mol. The molecular weight excluding hydrogens is 1580 g/mol. The van der Waals surface area contributed by atoms with Crippen molar-refractivity contribution in [2.24, 2.45) is 120 Å². The van der Waals surface area contributed by atoms with E-state index in [1.807, 2.05) is 0 Å². The van der Waals surface area contributed by atoms with Crippen LogP contribution < -0.4 is 0 Å². The molecule has 21 fully saturated rings. The van der Waals surface area contributed by atoms with Gasteiger partial charge in [-0.3, -0.25) is 4.90 Å². The van der Waals surface area contributed by atoms with Crippen LogP contribution in [0.4, 0.5) is 0 Å². The Kier molecular flexibility index (Phi) is 30.7. The van der Waals surface area contributed by atoms with Gasteiger partial charge in [-0.15, -0.1) is 0 Å². The molecule has 720 valence electrons. The van der Waals surface area contributed by atoms with Gasteiger partial charge < -0.3 is 72.2 Å². The molecule has 16 heteroatoms. The van der Waals surface area contributed by atoms with E-state index < -0.39 is 0 Å². The van der Waals surface area contributed by atoms with E-state index in [0.717, 1.165) is 84.8 Å². The zero-order chi connectivity index (χ0) is 88.1. The number of rotatable bonds is 18. The first-order valence-corrected chi connectivity index (χ1v) is 54.6. The maximum Gasteiger partial charge on any atom is 0.160 e. The zero-order valence-corrected chi connectivity index (χ0v) is 82.6. The lowest BCUT2D eigenvalue weighted by atomic mass is 9.46. The van der Waals surface area contributed by atoms with Gasteiger partial charge in [0.25, 0.3) is 0 Å². The third-order valence-electron chi connectivity index (χ3n) is 42.3. The molecule has 127 heavy (non-hydrogen) atoms. The van der Waals surface area contributed by atoms with E-state index in [-0.39, 0.29) is 46.8 Å². The molecule has 12 aliphatic carbocycles. The Morgan fingerprint density at radius 2 is 0.606 bits per heavy atom. The van der Waals surface area contributed by atoms with Gasteiger partial charge in [0.15, 0.2) is 25.2 Å². The number of likely N-dealkylation sites (tertiary alicyclic amines) is 3. The molecule has 0 spiro atoms. The molecule has 25 atom stereocenters. The minimum absolute atomic E-state index is 0.0499. The summed E-state index contributed by atoms with van der Waals surface area (Å²) in [6.45, 7) is 63.8. The van der Waals surface area contributed by atoms with Crippen molar-refractivity contribution in [3.63, 3.8) is 0 Å². The molecule has 0 aromatic rings. The minimum atomic E-state index is 0.0499. The van der Waals surface area contributed by atoms with Crippen molar-refractivity contribution >= 4 is 0 Å². The number of fused-ring (bicyclic) bond motifs is 12. The van der Waals surface area contributed by atoms with E-state index in [2.05, 4.69) is 118 Å². The number of aliphatic hydroxyl groups is 1. The SMILES string of the molecule is C=C1CCC2[C@]3(C)CO[C@@H](C4CCCC4)O[C@@H]3CC[C@@]2(C)[C@@H]1CCN1CCC(CO)C1.C=C1CCC2[C@]3(C)CO[C@@H](C4CCCC4)O[C@@H]3CC[C@@]2(C)[C@@H]1CCN1CCC(N2CCCC2)CC1.C=C1CCC2[C@]3(C)CO[C@@H](C4CCCC4)O[C@@H]3CC[C@@]2(C)[C@@H]1CCN1CCN(C)CC1.C=C1CCC2[C@]3(C)CO[C@@H](C4CCCC4)O[C@@H]3CC[C@@]2(C)[C@@H]1CCN1CCOCC1. The fraction of sp³-hybridized carbons (Fsp3) is 0.928. The Balaban J connectivity index is 0.000000115. The molecule has 12 saturated carbocycles. The Bertz CT molecular complexity index is 3520. The molecule has 0 aromatic heterocycles. The monoisotopic (exact) mass is 1760 g/mol. The molecule has 0 radical (unpaired) electrons. The number of aliphatic hydroxyl groups excluding tert-OH is 1. The Morgan fingerprint density at radius 1 is 0.315 bits per heavy atom. The second kappa shape index (κ2) is 40.8. The second-order valence-corrected chi connectivity index (χ2v) is 49.5. The molecule has 21 rings (SSSR count). The van der Waals surface area contributed by atoms with Crippen LogP contribution in [0.2, 0.25) is 0 Å². The second-order valence-electron chi connectivity index (χ2n) is 49.5. The molecule has 9 aliphatic heterocycles. The van der Waals surface area contributed by atoms with Gasteiger partial charge in [0.05, 0.1) is 64.1 Å². The number of hydrogen-bond acceptors (Lipinski definition) is 16. The number of allylic oxidation sites excluding steroid dienone is 4. The van der Waals surface area contributed by atoms with Crippen LogP contribution in [0.25, 0.3) is 0 Å². The van der Waals surface area contributed by atoms with Gasteiger partial charge in [-0.2, -0.15) is 0 Å². The summed E-state index contributed by atoms with van der Waals surface area (Å²) in [4.78, 5) is 15.9. The van der Waals surface area contributed by atoms with Gasteiger partial charge in [0.1, 0.15) is 0 Å². The Labute approximate surface area is 773 Å². The third-order valence-corrected chi connectivity index (χ3v) is 42.3. The Morgan fingerprint density at radius 3 is 0.913 bits per heavy atom. The van der Waals surface area contributed by atoms with Crippen LogP contribution in [-0.4, -0.2) is 248 Å². The van der Waals surface area contributed by atoms with Crippen molar-refractivity contribution in [3.05, 3.63) is 48.6 Å². The molecular formula is C111H186N6O10. The van der Waals surface area contributed by atoms with Gasteiger partial charge in [-0.25, -0.2) is 0 Å². The molecule has 9 saturated heterocycles. The van der Waals surface area contributed by atoms with Crippen molar-refractivity contribution in [2.75, 3.05) is 158 Å². The molecule has 0 bridgehead atoms. The van der Waals surface area contributed by atoms with E-state index in [9.17, 15) is 5.11 Å². The highest BCUT2D eigenvalue weighted by Gasteiger charge is 2.66. The molecule has 1 N–H and O–H groups in total. The van der Waals surface area contributed by atoms with Gasteiger partial charge in [0, 0.05) is 104 Å². The lowest BCUT2D eigenvalue weighted by molar-refractivity contribution is -0.316. The number of ether oxygens (including phenoxy) is 9. The number of morpholine rings is 1. The zero-order valence-electron chi connectivity index (χ0n) is 82.6. The van der Waals surface area contributed by atoms with E-state index in [1.54, 1.807) is 5.57 Å². The van der Waals surface area contributed by atoms with E-state index in [4.69, 9.17) is 42.6 Å². The normalized spacial score (nSPS) is 45.6. The highest BCUT2D eigenvalue weighted by molar-refractivity contribution is 5.23.